The summed E-state index contributed by atoms with van der Waals surface area (Å²) >= 11 is 3.49. The smallest absolute Gasteiger partial charge is 0.0181 e. The van der Waals surface area contributed by atoms with E-state index in [9.17, 15) is 0 Å². The molecule has 1 aromatic rings. The zero-order valence-corrected chi connectivity index (χ0v) is 11.2. The minimum Gasteiger partial charge on any atom is -0.0727 e. The average Bonchev–Trinajstić information content (AvgIpc) is 2.18. The van der Waals surface area contributed by atoms with E-state index in [1.165, 1.54) is 36.8 Å². The van der Waals surface area contributed by atoms with Crippen LogP contribution in [0.1, 0.15) is 45.1 Å². The van der Waals surface area contributed by atoms with Crippen molar-refractivity contribution in [2.45, 2.75) is 39.5 Å². The molecule has 0 bridgehead atoms. The van der Waals surface area contributed by atoms with E-state index in [2.05, 4.69) is 60.1 Å². The maximum atomic E-state index is 3.49. The van der Waals surface area contributed by atoms with Crippen LogP contribution in [0, 0.1) is 0 Å². The normalized spacial score (nSPS) is 11.8. The summed E-state index contributed by atoms with van der Waals surface area (Å²) < 4.78 is 1.15. The van der Waals surface area contributed by atoms with Crippen LogP contribution in [0.3, 0.4) is 0 Å². The molecule has 0 radical (unpaired) electrons. The van der Waals surface area contributed by atoms with E-state index in [0.717, 1.165) is 4.47 Å². The zero-order valence-electron chi connectivity index (χ0n) is 9.59. The van der Waals surface area contributed by atoms with Gasteiger partial charge in [-0.05, 0) is 37.5 Å². The Balaban J connectivity index is 2.54. The van der Waals surface area contributed by atoms with E-state index < -0.39 is 0 Å². The third-order valence-corrected chi connectivity index (χ3v) is 2.93. The molecule has 0 N–H and O–H groups in total. The number of rotatable bonds is 5. The molecule has 0 aliphatic carbocycles. The number of allylic oxidation sites excluding steroid dienone is 1. The molecule has 0 fully saturated rings. The fourth-order valence-electron chi connectivity index (χ4n) is 1.61. The van der Waals surface area contributed by atoms with Crippen LogP contribution >= 0.6 is 15.9 Å². The first-order chi connectivity index (χ1) is 7.22. The number of halogens is 1. The second kappa shape index (κ2) is 6.84. The standard InChI is InChI=1S/C14H19Br/c1-3-4-5-7-12(2)10-13-8-6-9-14(15)11-13/h6,8-11H,3-5,7H2,1-2H3. The lowest BCUT2D eigenvalue weighted by Crippen LogP contribution is -1.80. The molecule has 0 aliphatic heterocycles. The maximum absolute atomic E-state index is 3.49. The first-order valence-corrected chi connectivity index (χ1v) is 6.44. The number of hydrogen-bond donors (Lipinski definition) is 0. The van der Waals surface area contributed by atoms with Gasteiger partial charge in [-0.1, -0.05) is 59.5 Å². The summed E-state index contributed by atoms with van der Waals surface area (Å²) in [6.45, 7) is 4.46. The van der Waals surface area contributed by atoms with Crippen molar-refractivity contribution in [1.82, 2.24) is 0 Å². The molecule has 82 valence electrons. The van der Waals surface area contributed by atoms with Crippen LogP contribution in [0.4, 0.5) is 0 Å². The van der Waals surface area contributed by atoms with Crippen LogP contribution in [0.5, 0.6) is 0 Å². The summed E-state index contributed by atoms with van der Waals surface area (Å²) in [4.78, 5) is 0. The Morgan fingerprint density at radius 1 is 1.33 bits per heavy atom. The highest BCUT2D eigenvalue weighted by molar-refractivity contribution is 9.10. The molecule has 0 unspecified atom stereocenters. The Morgan fingerprint density at radius 2 is 2.13 bits per heavy atom. The number of unbranched alkanes of at least 4 members (excludes halogenated alkanes) is 2. The molecular weight excluding hydrogens is 248 g/mol. The minimum absolute atomic E-state index is 1.15. The molecule has 15 heavy (non-hydrogen) atoms. The quantitative estimate of drug-likeness (QED) is 0.624. The molecule has 0 nitrogen and oxygen atoms in total. The second-order valence-electron chi connectivity index (χ2n) is 4.00. The van der Waals surface area contributed by atoms with Crippen LogP contribution in [-0.2, 0) is 0 Å². The molecule has 0 amide bonds. The monoisotopic (exact) mass is 266 g/mol. The lowest BCUT2D eigenvalue weighted by Gasteiger charge is -2.01. The largest absolute Gasteiger partial charge is 0.0727 e. The van der Waals surface area contributed by atoms with Gasteiger partial charge in [0.1, 0.15) is 0 Å². The van der Waals surface area contributed by atoms with Gasteiger partial charge in [-0.25, -0.2) is 0 Å². The first kappa shape index (κ1) is 12.5. The van der Waals surface area contributed by atoms with Gasteiger partial charge in [-0.2, -0.15) is 0 Å². The SMILES string of the molecule is CCCCCC(C)=Cc1cccc(Br)c1. The van der Waals surface area contributed by atoms with Crippen LogP contribution in [0.25, 0.3) is 6.08 Å². The molecule has 0 heterocycles. The fraction of sp³-hybridized carbons (Fsp3) is 0.429. The Kier molecular flexibility index (Phi) is 5.70. The van der Waals surface area contributed by atoms with Gasteiger partial charge >= 0.3 is 0 Å². The molecule has 0 aliphatic rings. The van der Waals surface area contributed by atoms with Gasteiger partial charge in [0, 0.05) is 4.47 Å². The lowest BCUT2D eigenvalue weighted by atomic mass is 10.1. The van der Waals surface area contributed by atoms with Gasteiger partial charge in [0.15, 0.2) is 0 Å². The lowest BCUT2D eigenvalue weighted by molar-refractivity contribution is 0.715. The summed E-state index contributed by atoms with van der Waals surface area (Å²) in [5.74, 6) is 0. The highest BCUT2D eigenvalue weighted by Crippen LogP contribution is 2.16. The number of benzene rings is 1. The van der Waals surface area contributed by atoms with Crippen LogP contribution in [-0.4, -0.2) is 0 Å². The van der Waals surface area contributed by atoms with Gasteiger partial charge in [-0.3, -0.25) is 0 Å². The van der Waals surface area contributed by atoms with Crippen molar-refractivity contribution >= 4 is 22.0 Å². The van der Waals surface area contributed by atoms with Gasteiger partial charge in [0.2, 0.25) is 0 Å². The van der Waals surface area contributed by atoms with Crippen molar-refractivity contribution in [3.8, 4) is 0 Å². The summed E-state index contributed by atoms with van der Waals surface area (Å²) in [7, 11) is 0. The Labute approximate surface area is 102 Å². The summed E-state index contributed by atoms with van der Waals surface area (Å²) in [6.07, 6.45) is 7.45. The van der Waals surface area contributed by atoms with Crippen molar-refractivity contribution in [3.05, 3.63) is 39.9 Å². The van der Waals surface area contributed by atoms with E-state index in [1.54, 1.807) is 0 Å². The maximum Gasteiger partial charge on any atom is 0.0181 e. The molecular formula is C14H19Br. The summed E-state index contributed by atoms with van der Waals surface area (Å²) in [5, 5.41) is 0. The predicted molar refractivity (Wildman–Crippen MR) is 71.9 cm³/mol. The molecule has 0 atom stereocenters. The molecule has 1 aromatic carbocycles. The second-order valence-corrected chi connectivity index (χ2v) is 4.92. The topological polar surface area (TPSA) is 0 Å². The Bertz CT molecular complexity index is 326. The minimum atomic E-state index is 1.15. The van der Waals surface area contributed by atoms with E-state index in [0.29, 0.717) is 0 Å². The Hall–Kier alpha value is -0.560. The first-order valence-electron chi connectivity index (χ1n) is 5.65. The van der Waals surface area contributed by atoms with E-state index in [4.69, 9.17) is 0 Å². The van der Waals surface area contributed by atoms with Crippen molar-refractivity contribution < 1.29 is 0 Å². The van der Waals surface area contributed by atoms with Crippen LogP contribution in [0.2, 0.25) is 0 Å². The third-order valence-electron chi connectivity index (χ3n) is 2.44. The molecule has 0 saturated carbocycles. The summed E-state index contributed by atoms with van der Waals surface area (Å²) in [6, 6.07) is 8.44. The van der Waals surface area contributed by atoms with Crippen molar-refractivity contribution in [2.75, 3.05) is 0 Å². The molecule has 1 heteroatoms. The van der Waals surface area contributed by atoms with Gasteiger partial charge in [0.05, 0.1) is 0 Å². The van der Waals surface area contributed by atoms with E-state index >= 15 is 0 Å². The van der Waals surface area contributed by atoms with Gasteiger partial charge < -0.3 is 0 Å². The molecule has 0 aromatic heterocycles. The third kappa shape index (κ3) is 5.17. The van der Waals surface area contributed by atoms with E-state index in [1.807, 2.05) is 0 Å². The van der Waals surface area contributed by atoms with E-state index in [-0.39, 0.29) is 0 Å². The van der Waals surface area contributed by atoms with Gasteiger partial charge in [0.25, 0.3) is 0 Å². The molecule has 0 saturated heterocycles. The Morgan fingerprint density at radius 3 is 2.80 bits per heavy atom. The highest BCUT2D eigenvalue weighted by atomic mass is 79.9. The van der Waals surface area contributed by atoms with Crippen LogP contribution < -0.4 is 0 Å². The number of hydrogen-bond acceptors (Lipinski definition) is 0. The molecule has 0 spiro atoms. The fourth-order valence-corrected chi connectivity index (χ4v) is 2.02. The zero-order chi connectivity index (χ0) is 11.1. The molecule has 1 rings (SSSR count). The highest BCUT2D eigenvalue weighted by Gasteiger charge is 1.93. The van der Waals surface area contributed by atoms with Crippen molar-refractivity contribution in [3.63, 3.8) is 0 Å². The van der Waals surface area contributed by atoms with Crippen molar-refractivity contribution in [1.29, 1.82) is 0 Å². The van der Waals surface area contributed by atoms with Gasteiger partial charge in [-0.15, -0.1) is 0 Å². The average molecular weight is 267 g/mol. The van der Waals surface area contributed by atoms with Crippen molar-refractivity contribution in [2.24, 2.45) is 0 Å². The predicted octanol–water partition coefficient (Wildman–Crippen LogP) is 5.43. The van der Waals surface area contributed by atoms with Crippen LogP contribution in [0.15, 0.2) is 34.3 Å². The summed E-state index contributed by atoms with van der Waals surface area (Å²) in [5.41, 5.74) is 2.76.